The van der Waals surface area contributed by atoms with Crippen LogP contribution in [-0.2, 0) is 22.6 Å². The lowest BCUT2D eigenvalue weighted by atomic mass is 9.98. The fourth-order valence-electron chi connectivity index (χ4n) is 3.03. The molecule has 3 rings (SSSR count). The van der Waals surface area contributed by atoms with Crippen molar-refractivity contribution in [2.24, 2.45) is 0 Å². The van der Waals surface area contributed by atoms with Crippen molar-refractivity contribution in [3.8, 4) is 5.75 Å². The van der Waals surface area contributed by atoms with Gasteiger partial charge in [-0.1, -0.05) is 17.7 Å². The van der Waals surface area contributed by atoms with Crippen LogP contribution in [0.25, 0.3) is 0 Å². The van der Waals surface area contributed by atoms with Gasteiger partial charge >= 0.3 is 0 Å². The van der Waals surface area contributed by atoms with Gasteiger partial charge in [0.25, 0.3) is 5.91 Å². The molecule has 5 nitrogen and oxygen atoms in total. The van der Waals surface area contributed by atoms with Crippen LogP contribution in [0.5, 0.6) is 5.75 Å². The number of nitrogens with zero attached hydrogens (tertiary/aromatic N) is 1. The lowest BCUT2D eigenvalue weighted by Crippen LogP contribution is -2.42. The Bertz CT molecular complexity index is 862. The summed E-state index contributed by atoms with van der Waals surface area (Å²) < 4.78 is 5.83. The van der Waals surface area contributed by atoms with Gasteiger partial charge in [0, 0.05) is 30.7 Å². The molecule has 1 N–H and O–H groups in total. The summed E-state index contributed by atoms with van der Waals surface area (Å²) in [5.74, 6) is 0.381. The summed E-state index contributed by atoms with van der Waals surface area (Å²) >= 11 is 5.88. The van der Waals surface area contributed by atoms with Crippen LogP contribution in [0.4, 0.5) is 5.69 Å². The number of ether oxygens (including phenoxy) is 1. The molecule has 2 aromatic carbocycles. The summed E-state index contributed by atoms with van der Waals surface area (Å²) in [6.45, 7) is 6.31. The molecule has 2 aromatic rings. The highest BCUT2D eigenvalue weighted by Crippen LogP contribution is 2.25. The number of hydrogen-bond donors (Lipinski definition) is 1. The molecule has 0 spiro atoms. The van der Waals surface area contributed by atoms with Gasteiger partial charge in [-0.2, -0.15) is 0 Å². The minimum atomic E-state index is -1.06. The summed E-state index contributed by atoms with van der Waals surface area (Å²) in [5.41, 5.74) is 1.90. The van der Waals surface area contributed by atoms with Crippen LogP contribution in [0.1, 0.15) is 31.9 Å². The van der Waals surface area contributed by atoms with E-state index in [-0.39, 0.29) is 11.8 Å². The Kier molecular flexibility index (Phi) is 5.42. The predicted octanol–water partition coefficient (Wildman–Crippen LogP) is 4.04. The predicted molar refractivity (Wildman–Crippen MR) is 106 cm³/mol. The first-order valence-corrected chi connectivity index (χ1v) is 9.26. The molecule has 0 aliphatic carbocycles. The van der Waals surface area contributed by atoms with Crippen LogP contribution in [0, 0.1) is 0 Å². The molecule has 0 fully saturated rings. The molecule has 0 bridgehead atoms. The van der Waals surface area contributed by atoms with Gasteiger partial charge in [-0.15, -0.1) is 0 Å². The van der Waals surface area contributed by atoms with Gasteiger partial charge in [-0.05, 0) is 67.8 Å². The van der Waals surface area contributed by atoms with E-state index in [9.17, 15) is 9.59 Å². The first-order chi connectivity index (χ1) is 12.7. The average Bonchev–Trinajstić information content (AvgIpc) is 2.62. The molecule has 27 heavy (non-hydrogen) atoms. The second kappa shape index (κ2) is 7.61. The number of amides is 2. The van der Waals surface area contributed by atoms with Crippen molar-refractivity contribution in [2.75, 3.05) is 11.9 Å². The SMILES string of the molecule is CC(=O)N1CCc2ccc(NC(=O)C(C)(C)Oc3ccc(Cl)cc3)cc2C1. The molecular formula is C21H23ClN2O3. The third-order valence-corrected chi connectivity index (χ3v) is 4.91. The fraction of sp³-hybridized carbons (Fsp3) is 0.333. The van der Waals surface area contributed by atoms with Gasteiger partial charge in [-0.3, -0.25) is 9.59 Å². The molecule has 142 valence electrons. The minimum absolute atomic E-state index is 0.0626. The number of hydrogen-bond acceptors (Lipinski definition) is 3. The third-order valence-electron chi connectivity index (χ3n) is 4.66. The Hall–Kier alpha value is -2.53. The molecule has 6 heteroatoms. The van der Waals surface area contributed by atoms with Crippen LogP contribution in [-0.4, -0.2) is 28.9 Å². The van der Waals surface area contributed by atoms with E-state index in [4.69, 9.17) is 16.3 Å². The van der Waals surface area contributed by atoms with E-state index in [1.54, 1.807) is 45.0 Å². The Morgan fingerprint density at radius 2 is 1.81 bits per heavy atom. The van der Waals surface area contributed by atoms with Gasteiger partial charge < -0.3 is 15.0 Å². The number of halogens is 1. The van der Waals surface area contributed by atoms with Gasteiger partial charge in [-0.25, -0.2) is 0 Å². The second-order valence-corrected chi connectivity index (χ2v) is 7.63. The molecule has 1 aliphatic heterocycles. The smallest absolute Gasteiger partial charge is 0.267 e. The summed E-state index contributed by atoms with van der Waals surface area (Å²) in [7, 11) is 0. The lowest BCUT2D eigenvalue weighted by Gasteiger charge is -2.29. The third kappa shape index (κ3) is 4.61. The van der Waals surface area contributed by atoms with E-state index in [0.717, 1.165) is 18.5 Å². The van der Waals surface area contributed by atoms with Gasteiger partial charge in [0.15, 0.2) is 5.60 Å². The molecule has 0 saturated carbocycles. The molecular weight excluding hydrogens is 364 g/mol. The van der Waals surface area contributed by atoms with Crippen LogP contribution >= 0.6 is 11.6 Å². The van der Waals surface area contributed by atoms with Crippen molar-refractivity contribution in [3.05, 3.63) is 58.6 Å². The maximum absolute atomic E-state index is 12.7. The first-order valence-electron chi connectivity index (χ1n) is 8.88. The molecule has 0 atom stereocenters. The van der Waals surface area contributed by atoms with Crippen molar-refractivity contribution >= 4 is 29.1 Å². The monoisotopic (exact) mass is 386 g/mol. The van der Waals surface area contributed by atoms with Gasteiger partial charge in [0.1, 0.15) is 5.75 Å². The zero-order valence-electron chi connectivity index (χ0n) is 15.7. The number of carbonyl (C=O) groups excluding carboxylic acids is 2. The Morgan fingerprint density at radius 1 is 1.11 bits per heavy atom. The molecule has 0 saturated heterocycles. The van der Waals surface area contributed by atoms with Crippen LogP contribution in [0.15, 0.2) is 42.5 Å². The highest BCUT2D eigenvalue weighted by atomic mass is 35.5. The largest absolute Gasteiger partial charge is 0.478 e. The number of nitrogens with one attached hydrogen (secondary N) is 1. The Balaban J connectivity index is 1.70. The van der Waals surface area contributed by atoms with Crippen molar-refractivity contribution in [1.82, 2.24) is 4.90 Å². The highest BCUT2D eigenvalue weighted by Gasteiger charge is 2.30. The maximum Gasteiger partial charge on any atom is 0.267 e. The van der Waals surface area contributed by atoms with Crippen LogP contribution in [0.3, 0.4) is 0 Å². The molecule has 0 unspecified atom stereocenters. The Morgan fingerprint density at radius 3 is 2.48 bits per heavy atom. The number of fused-ring (bicyclic) bond motifs is 1. The highest BCUT2D eigenvalue weighted by molar-refractivity contribution is 6.30. The van der Waals surface area contributed by atoms with Crippen LogP contribution in [0.2, 0.25) is 5.02 Å². The number of rotatable bonds is 4. The van der Waals surface area contributed by atoms with Gasteiger partial charge in [0.2, 0.25) is 5.91 Å². The second-order valence-electron chi connectivity index (χ2n) is 7.19. The number of carbonyl (C=O) groups is 2. The van der Waals surface area contributed by atoms with Crippen molar-refractivity contribution in [1.29, 1.82) is 0 Å². The summed E-state index contributed by atoms with van der Waals surface area (Å²) in [4.78, 5) is 26.2. The standard InChI is InChI=1S/C21H23ClN2O3/c1-14(25)24-11-10-15-4-7-18(12-16(15)13-24)23-20(26)21(2,3)27-19-8-5-17(22)6-9-19/h4-9,12H,10-11,13H2,1-3H3,(H,23,26). The lowest BCUT2D eigenvalue weighted by molar-refractivity contribution is -0.130. The topological polar surface area (TPSA) is 58.6 Å². The van der Waals surface area contributed by atoms with E-state index in [0.29, 0.717) is 23.0 Å². The molecule has 2 amide bonds. The van der Waals surface area contributed by atoms with Crippen molar-refractivity contribution < 1.29 is 14.3 Å². The van der Waals surface area contributed by atoms with E-state index in [1.807, 2.05) is 23.1 Å². The fourth-order valence-corrected chi connectivity index (χ4v) is 3.15. The number of benzene rings is 2. The van der Waals surface area contributed by atoms with Crippen LogP contribution < -0.4 is 10.1 Å². The molecule has 1 aliphatic rings. The number of anilines is 1. The van der Waals surface area contributed by atoms with E-state index < -0.39 is 5.60 Å². The minimum Gasteiger partial charge on any atom is -0.478 e. The first kappa shape index (κ1) is 19.2. The Labute approximate surface area is 164 Å². The zero-order chi connectivity index (χ0) is 19.6. The summed E-state index contributed by atoms with van der Waals surface area (Å²) in [6, 6.07) is 12.7. The summed E-state index contributed by atoms with van der Waals surface area (Å²) in [6.07, 6.45) is 0.828. The van der Waals surface area contributed by atoms with E-state index in [1.165, 1.54) is 5.56 Å². The molecule has 0 aromatic heterocycles. The van der Waals surface area contributed by atoms with Gasteiger partial charge in [0.05, 0.1) is 0 Å². The normalized spacial score (nSPS) is 13.7. The van der Waals surface area contributed by atoms with Crippen molar-refractivity contribution in [2.45, 2.75) is 39.3 Å². The van der Waals surface area contributed by atoms with E-state index >= 15 is 0 Å². The maximum atomic E-state index is 12.7. The average molecular weight is 387 g/mol. The molecule has 1 heterocycles. The summed E-state index contributed by atoms with van der Waals surface area (Å²) in [5, 5.41) is 3.52. The quantitative estimate of drug-likeness (QED) is 0.862. The molecule has 0 radical (unpaired) electrons. The zero-order valence-corrected chi connectivity index (χ0v) is 16.5. The van der Waals surface area contributed by atoms with Crippen molar-refractivity contribution in [3.63, 3.8) is 0 Å². The van der Waals surface area contributed by atoms with E-state index in [2.05, 4.69) is 5.32 Å².